The molecule has 1 heterocycles. The first-order chi connectivity index (χ1) is 15.3. The van der Waals surface area contributed by atoms with E-state index in [0.29, 0.717) is 27.9 Å². The largest absolute Gasteiger partial charge is 0.497 e. The van der Waals surface area contributed by atoms with Crippen LogP contribution in [0.5, 0.6) is 11.5 Å². The van der Waals surface area contributed by atoms with Crippen molar-refractivity contribution < 1.29 is 17.9 Å². The zero-order chi connectivity index (χ0) is 22.9. The van der Waals surface area contributed by atoms with E-state index in [-0.39, 0.29) is 4.90 Å². The SMILES string of the molecule is COc1ccc(OC)c(-c2cc(-c3ccc(Cl)cc3)nn2-c2ccc(S(N)(=O)=O)cc2)c1. The van der Waals surface area contributed by atoms with Gasteiger partial charge in [-0.3, -0.25) is 0 Å². The number of hydrogen-bond donors (Lipinski definition) is 1. The summed E-state index contributed by atoms with van der Waals surface area (Å²) in [5, 5.41) is 10.6. The van der Waals surface area contributed by atoms with Gasteiger partial charge in [-0.25, -0.2) is 18.2 Å². The van der Waals surface area contributed by atoms with Crippen molar-refractivity contribution in [2.24, 2.45) is 5.14 Å². The molecule has 0 fully saturated rings. The van der Waals surface area contributed by atoms with E-state index in [1.807, 2.05) is 36.4 Å². The molecule has 4 rings (SSSR count). The number of primary sulfonamides is 1. The topological polar surface area (TPSA) is 96.4 Å². The molecule has 0 saturated heterocycles. The highest BCUT2D eigenvalue weighted by molar-refractivity contribution is 7.89. The van der Waals surface area contributed by atoms with E-state index in [2.05, 4.69) is 0 Å². The van der Waals surface area contributed by atoms with Crippen LogP contribution in [0.4, 0.5) is 0 Å². The van der Waals surface area contributed by atoms with Crippen LogP contribution >= 0.6 is 11.6 Å². The third-order valence-corrected chi connectivity index (χ3v) is 6.12. The predicted molar refractivity (Wildman–Crippen MR) is 124 cm³/mol. The Bertz CT molecular complexity index is 1370. The smallest absolute Gasteiger partial charge is 0.238 e. The summed E-state index contributed by atoms with van der Waals surface area (Å²) >= 11 is 6.04. The summed E-state index contributed by atoms with van der Waals surface area (Å²) < 4.78 is 36.0. The highest BCUT2D eigenvalue weighted by Crippen LogP contribution is 2.37. The van der Waals surface area contributed by atoms with Crippen molar-refractivity contribution in [1.29, 1.82) is 0 Å². The Balaban J connectivity index is 1.93. The van der Waals surface area contributed by atoms with E-state index in [1.165, 1.54) is 12.1 Å². The standard InChI is InChI=1S/C23H20ClN3O4S/c1-30-18-9-12-23(31-2)20(13-18)22-14-21(15-3-5-16(24)6-4-15)26-27(22)17-7-10-19(11-8-17)32(25,28)29/h3-14H,1-2H3,(H2,25,28,29). The fraction of sp³-hybridized carbons (Fsp3) is 0.0870. The number of ether oxygens (including phenoxy) is 2. The van der Waals surface area contributed by atoms with Crippen LogP contribution in [0.25, 0.3) is 28.2 Å². The lowest BCUT2D eigenvalue weighted by Gasteiger charge is -2.13. The Morgan fingerprint density at radius 3 is 2.19 bits per heavy atom. The maximum absolute atomic E-state index is 11.7. The summed E-state index contributed by atoms with van der Waals surface area (Å²) in [6.45, 7) is 0. The van der Waals surface area contributed by atoms with Crippen molar-refractivity contribution in [3.63, 3.8) is 0 Å². The molecule has 0 aliphatic heterocycles. The summed E-state index contributed by atoms with van der Waals surface area (Å²) in [7, 11) is -0.623. The number of rotatable bonds is 6. The van der Waals surface area contributed by atoms with Gasteiger partial charge in [0.05, 0.1) is 36.2 Å². The van der Waals surface area contributed by atoms with Crippen molar-refractivity contribution in [1.82, 2.24) is 9.78 Å². The van der Waals surface area contributed by atoms with E-state index in [9.17, 15) is 8.42 Å². The molecule has 7 nitrogen and oxygen atoms in total. The van der Waals surface area contributed by atoms with Gasteiger partial charge in [-0.05, 0) is 60.7 Å². The van der Waals surface area contributed by atoms with Crippen molar-refractivity contribution in [3.05, 3.63) is 77.8 Å². The van der Waals surface area contributed by atoms with Gasteiger partial charge in [-0.2, -0.15) is 5.10 Å². The van der Waals surface area contributed by atoms with Crippen LogP contribution in [0.3, 0.4) is 0 Å². The molecule has 0 spiro atoms. The van der Waals surface area contributed by atoms with Crippen LogP contribution in [-0.4, -0.2) is 32.4 Å². The molecular weight excluding hydrogens is 450 g/mol. The van der Waals surface area contributed by atoms with Crippen LogP contribution in [0.1, 0.15) is 0 Å². The minimum atomic E-state index is -3.80. The van der Waals surface area contributed by atoms with E-state index in [4.69, 9.17) is 31.3 Å². The van der Waals surface area contributed by atoms with Gasteiger partial charge in [-0.15, -0.1) is 0 Å². The lowest BCUT2D eigenvalue weighted by molar-refractivity contribution is 0.404. The molecule has 0 amide bonds. The van der Waals surface area contributed by atoms with Gasteiger partial charge in [0.2, 0.25) is 10.0 Å². The lowest BCUT2D eigenvalue weighted by Crippen LogP contribution is -2.12. The molecule has 0 atom stereocenters. The number of methoxy groups -OCH3 is 2. The van der Waals surface area contributed by atoms with Gasteiger partial charge in [0.25, 0.3) is 0 Å². The van der Waals surface area contributed by atoms with E-state index >= 15 is 0 Å². The average molecular weight is 470 g/mol. The molecule has 9 heteroatoms. The normalized spacial score (nSPS) is 11.4. The molecule has 0 bridgehead atoms. The van der Waals surface area contributed by atoms with E-state index in [1.54, 1.807) is 43.2 Å². The first-order valence-corrected chi connectivity index (χ1v) is 11.4. The second-order valence-electron chi connectivity index (χ2n) is 6.94. The predicted octanol–water partition coefficient (Wildman–Crippen LogP) is 4.52. The lowest BCUT2D eigenvalue weighted by atomic mass is 10.1. The minimum absolute atomic E-state index is 0.0202. The number of nitrogens with zero attached hydrogens (tertiary/aromatic N) is 2. The van der Waals surface area contributed by atoms with Crippen LogP contribution in [0.15, 0.2) is 77.7 Å². The van der Waals surface area contributed by atoms with Gasteiger partial charge in [0, 0.05) is 16.1 Å². The van der Waals surface area contributed by atoms with Crippen molar-refractivity contribution in [2.75, 3.05) is 14.2 Å². The van der Waals surface area contributed by atoms with Crippen LogP contribution in [0, 0.1) is 0 Å². The zero-order valence-electron chi connectivity index (χ0n) is 17.3. The number of nitrogens with two attached hydrogens (primary N) is 1. The minimum Gasteiger partial charge on any atom is -0.497 e. The van der Waals surface area contributed by atoms with E-state index in [0.717, 1.165) is 16.8 Å². The number of benzene rings is 3. The molecule has 32 heavy (non-hydrogen) atoms. The quantitative estimate of drug-likeness (QED) is 0.447. The Labute approximate surface area is 191 Å². The molecule has 3 aromatic carbocycles. The molecule has 0 aliphatic rings. The van der Waals surface area contributed by atoms with Gasteiger partial charge in [-0.1, -0.05) is 23.7 Å². The summed E-state index contributed by atoms with van der Waals surface area (Å²) in [5.41, 5.74) is 3.72. The molecule has 0 aliphatic carbocycles. The Hall–Kier alpha value is -3.33. The molecule has 0 radical (unpaired) electrons. The first kappa shape index (κ1) is 21.9. The highest BCUT2D eigenvalue weighted by Gasteiger charge is 2.18. The molecule has 2 N–H and O–H groups in total. The second kappa shape index (κ2) is 8.66. The van der Waals surface area contributed by atoms with Gasteiger partial charge in [0.1, 0.15) is 11.5 Å². The van der Waals surface area contributed by atoms with Crippen LogP contribution in [-0.2, 0) is 10.0 Å². The highest BCUT2D eigenvalue weighted by atomic mass is 35.5. The summed E-state index contributed by atoms with van der Waals surface area (Å²) in [5.74, 6) is 1.29. The Morgan fingerprint density at radius 2 is 1.59 bits per heavy atom. The molecule has 164 valence electrons. The molecule has 4 aromatic rings. The fourth-order valence-electron chi connectivity index (χ4n) is 3.32. The summed E-state index contributed by atoms with van der Waals surface area (Å²) in [6.07, 6.45) is 0. The molecule has 0 unspecified atom stereocenters. The maximum Gasteiger partial charge on any atom is 0.238 e. The zero-order valence-corrected chi connectivity index (χ0v) is 18.9. The Kier molecular flexibility index (Phi) is 5.92. The van der Waals surface area contributed by atoms with Crippen LogP contribution in [0.2, 0.25) is 5.02 Å². The molecule has 0 saturated carbocycles. The van der Waals surface area contributed by atoms with Crippen molar-refractivity contribution in [2.45, 2.75) is 4.90 Å². The number of sulfonamides is 1. The number of hydrogen-bond acceptors (Lipinski definition) is 5. The fourth-order valence-corrected chi connectivity index (χ4v) is 3.96. The second-order valence-corrected chi connectivity index (χ2v) is 8.94. The summed E-state index contributed by atoms with van der Waals surface area (Å²) in [6, 6.07) is 20.9. The monoisotopic (exact) mass is 469 g/mol. The van der Waals surface area contributed by atoms with Crippen LogP contribution < -0.4 is 14.6 Å². The molecule has 1 aromatic heterocycles. The number of aromatic nitrogens is 2. The number of halogens is 1. The average Bonchev–Trinajstić information content (AvgIpc) is 3.24. The third-order valence-electron chi connectivity index (χ3n) is 4.94. The third kappa shape index (κ3) is 4.34. The Morgan fingerprint density at radius 1 is 0.906 bits per heavy atom. The van der Waals surface area contributed by atoms with E-state index < -0.39 is 10.0 Å². The van der Waals surface area contributed by atoms with Gasteiger partial charge in [0.15, 0.2) is 0 Å². The maximum atomic E-state index is 11.7. The molecular formula is C23H20ClN3O4S. The van der Waals surface area contributed by atoms with Crippen molar-refractivity contribution >= 4 is 21.6 Å². The first-order valence-electron chi connectivity index (χ1n) is 9.52. The van der Waals surface area contributed by atoms with Gasteiger partial charge < -0.3 is 9.47 Å². The van der Waals surface area contributed by atoms with Crippen molar-refractivity contribution in [3.8, 4) is 39.7 Å². The summed E-state index contributed by atoms with van der Waals surface area (Å²) in [4.78, 5) is 0.0202. The van der Waals surface area contributed by atoms with Gasteiger partial charge >= 0.3 is 0 Å².